The molecule has 1 aliphatic rings. The van der Waals surface area contributed by atoms with Crippen LogP contribution in [0.15, 0.2) is 48.5 Å². The molecule has 3 aromatic rings. The van der Waals surface area contributed by atoms with Crippen LogP contribution >= 0.6 is 0 Å². The van der Waals surface area contributed by atoms with Gasteiger partial charge in [-0.25, -0.2) is 8.78 Å². The van der Waals surface area contributed by atoms with Crippen LogP contribution in [0.25, 0.3) is 0 Å². The Morgan fingerprint density at radius 1 is 1.16 bits per heavy atom. The second-order valence-corrected chi connectivity index (χ2v) is 8.15. The lowest BCUT2D eigenvalue weighted by atomic mass is 9.91. The Bertz CT molecular complexity index is 1080. The molecule has 1 aromatic heterocycles. The molecule has 0 radical (unpaired) electrons. The molecule has 31 heavy (non-hydrogen) atoms. The lowest BCUT2D eigenvalue weighted by molar-refractivity contribution is 0.0820. The Labute approximate surface area is 180 Å². The topological polar surface area (TPSA) is 50.2 Å². The van der Waals surface area contributed by atoms with Crippen LogP contribution in [0.1, 0.15) is 39.3 Å². The van der Waals surface area contributed by atoms with Crippen LogP contribution in [-0.2, 0) is 25.9 Å². The van der Waals surface area contributed by atoms with Crippen molar-refractivity contribution in [2.75, 3.05) is 14.1 Å². The number of nitrogens with zero attached hydrogens (tertiary/aromatic N) is 3. The Kier molecular flexibility index (Phi) is 6.13. The zero-order chi connectivity index (χ0) is 22.0. The van der Waals surface area contributed by atoms with Crippen LogP contribution in [0.3, 0.4) is 0 Å². The van der Waals surface area contributed by atoms with Crippen molar-refractivity contribution in [3.8, 4) is 0 Å². The van der Waals surface area contributed by atoms with Crippen LogP contribution in [0.2, 0.25) is 0 Å². The minimum atomic E-state index is -0.841. The van der Waals surface area contributed by atoms with Crippen molar-refractivity contribution in [3.05, 3.63) is 88.2 Å². The van der Waals surface area contributed by atoms with Gasteiger partial charge in [-0.1, -0.05) is 42.5 Å². The summed E-state index contributed by atoms with van der Waals surface area (Å²) in [6.07, 6.45) is 2.22. The summed E-state index contributed by atoms with van der Waals surface area (Å²) in [4.78, 5) is 14.3. The lowest BCUT2D eigenvalue weighted by Crippen LogP contribution is -2.35. The fourth-order valence-electron chi connectivity index (χ4n) is 4.07. The number of carbonyl (C=O) groups is 1. The quantitative estimate of drug-likeness (QED) is 0.658. The van der Waals surface area contributed by atoms with Gasteiger partial charge in [0.25, 0.3) is 5.91 Å². The van der Waals surface area contributed by atoms with Crippen molar-refractivity contribution in [2.24, 2.45) is 0 Å². The number of hydrogen-bond acceptors (Lipinski definition) is 3. The van der Waals surface area contributed by atoms with Gasteiger partial charge in [0.15, 0.2) is 17.3 Å². The molecule has 0 unspecified atom stereocenters. The van der Waals surface area contributed by atoms with E-state index in [9.17, 15) is 13.6 Å². The van der Waals surface area contributed by atoms with Gasteiger partial charge in [0.05, 0.1) is 6.54 Å². The van der Waals surface area contributed by atoms with Gasteiger partial charge in [-0.05, 0) is 30.9 Å². The van der Waals surface area contributed by atoms with Crippen LogP contribution in [0, 0.1) is 11.6 Å². The fourth-order valence-corrected chi connectivity index (χ4v) is 4.07. The summed E-state index contributed by atoms with van der Waals surface area (Å²) in [6.45, 7) is 0.842. The number of fused-ring (bicyclic) bond motifs is 1. The zero-order valence-electron chi connectivity index (χ0n) is 17.7. The molecule has 2 aromatic carbocycles. The highest BCUT2D eigenvalue weighted by molar-refractivity contribution is 5.93. The average Bonchev–Trinajstić information content (AvgIpc) is 3.12. The number of carbonyl (C=O) groups excluding carboxylic acids is 1. The van der Waals surface area contributed by atoms with E-state index in [1.54, 1.807) is 20.2 Å². The van der Waals surface area contributed by atoms with Crippen molar-refractivity contribution in [1.82, 2.24) is 20.0 Å². The van der Waals surface area contributed by atoms with E-state index in [0.717, 1.165) is 35.7 Å². The van der Waals surface area contributed by atoms with Gasteiger partial charge in [-0.15, -0.1) is 0 Å². The Morgan fingerprint density at radius 2 is 1.94 bits per heavy atom. The first kappa shape index (κ1) is 21.2. The SMILES string of the molecule is CN(C)C(=O)c1nn(Cc2ccccc2)c2c1C[C@@H](NCc1cccc(F)c1F)CC2. The Balaban J connectivity index is 1.56. The zero-order valence-corrected chi connectivity index (χ0v) is 17.7. The minimum absolute atomic E-state index is 0.0539. The minimum Gasteiger partial charge on any atom is -0.343 e. The molecule has 0 saturated heterocycles. The van der Waals surface area contributed by atoms with Crippen LogP contribution in [-0.4, -0.2) is 40.7 Å². The predicted octanol–water partition coefficient (Wildman–Crippen LogP) is 3.56. The first-order valence-electron chi connectivity index (χ1n) is 10.4. The Hall–Kier alpha value is -3.06. The number of amides is 1. The molecule has 4 rings (SSSR count). The average molecular weight is 424 g/mol. The van der Waals surface area contributed by atoms with Gasteiger partial charge in [-0.2, -0.15) is 5.10 Å². The third kappa shape index (κ3) is 4.51. The molecule has 0 aliphatic heterocycles. The van der Waals surface area contributed by atoms with Gasteiger partial charge in [0.2, 0.25) is 0 Å². The number of nitrogens with one attached hydrogen (secondary N) is 1. The van der Waals surface area contributed by atoms with Crippen molar-refractivity contribution < 1.29 is 13.6 Å². The lowest BCUT2D eigenvalue weighted by Gasteiger charge is -2.25. The summed E-state index contributed by atoms with van der Waals surface area (Å²) in [5.41, 5.74) is 3.91. The second kappa shape index (κ2) is 8.98. The number of halogens is 2. The largest absolute Gasteiger partial charge is 0.343 e. The van der Waals surface area contributed by atoms with Crippen LogP contribution < -0.4 is 5.32 Å². The molecule has 1 aliphatic carbocycles. The fraction of sp³-hybridized carbons (Fsp3) is 0.333. The molecule has 0 saturated carbocycles. The van der Waals surface area contributed by atoms with Gasteiger partial charge >= 0.3 is 0 Å². The first-order valence-corrected chi connectivity index (χ1v) is 10.4. The van der Waals surface area contributed by atoms with Crippen molar-refractivity contribution >= 4 is 5.91 Å². The summed E-state index contributed by atoms with van der Waals surface area (Å²) in [5.74, 6) is -1.78. The van der Waals surface area contributed by atoms with E-state index >= 15 is 0 Å². The van der Waals surface area contributed by atoms with Crippen LogP contribution in [0.5, 0.6) is 0 Å². The molecule has 7 heteroatoms. The third-order valence-electron chi connectivity index (χ3n) is 5.74. The highest BCUT2D eigenvalue weighted by atomic mass is 19.2. The Morgan fingerprint density at radius 3 is 2.68 bits per heavy atom. The smallest absolute Gasteiger partial charge is 0.274 e. The molecular formula is C24H26F2N4O. The number of benzene rings is 2. The highest BCUT2D eigenvalue weighted by Gasteiger charge is 2.30. The standard InChI is InChI=1S/C24H26F2N4O/c1-29(2)24(31)23-19-13-18(27-14-17-9-6-10-20(25)22(17)26)11-12-21(19)30(28-23)15-16-7-4-3-5-8-16/h3-10,18,27H,11-15H2,1-2H3/t18-/m0/s1. The molecule has 1 atom stereocenters. The van der Waals surface area contributed by atoms with E-state index in [-0.39, 0.29) is 18.5 Å². The molecule has 0 spiro atoms. The third-order valence-corrected chi connectivity index (χ3v) is 5.74. The molecule has 1 heterocycles. The molecule has 5 nitrogen and oxygen atoms in total. The number of hydrogen-bond donors (Lipinski definition) is 1. The van der Waals surface area contributed by atoms with Gasteiger partial charge in [0.1, 0.15) is 0 Å². The van der Waals surface area contributed by atoms with Gasteiger partial charge in [-0.3, -0.25) is 9.48 Å². The number of rotatable bonds is 6. The maximum absolute atomic E-state index is 14.0. The predicted molar refractivity (Wildman–Crippen MR) is 115 cm³/mol. The second-order valence-electron chi connectivity index (χ2n) is 8.15. The normalized spacial score (nSPS) is 15.5. The molecule has 1 N–H and O–H groups in total. The van der Waals surface area contributed by atoms with Crippen molar-refractivity contribution in [2.45, 2.75) is 38.4 Å². The van der Waals surface area contributed by atoms with E-state index in [1.807, 2.05) is 35.0 Å². The van der Waals surface area contributed by atoms with E-state index in [1.165, 1.54) is 11.0 Å². The van der Waals surface area contributed by atoms with E-state index in [4.69, 9.17) is 0 Å². The summed E-state index contributed by atoms with van der Waals surface area (Å²) in [7, 11) is 3.44. The maximum Gasteiger partial charge on any atom is 0.274 e. The van der Waals surface area contributed by atoms with Gasteiger partial charge < -0.3 is 10.2 Å². The highest BCUT2D eigenvalue weighted by Crippen LogP contribution is 2.27. The molecule has 0 bridgehead atoms. The molecular weight excluding hydrogens is 398 g/mol. The van der Waals surface area contributed by atoms with Crippen LogP contribution in [0.4, 0.5) is 8.78 Å². The van der Waals surface area contributed by atoms with Gasteiger partial charge in [0, 0.05) is 43.5 Å². The first-order chi connectivity index (χ1) is 14.9. The summed E-state index contributed by atoms with van der Waals surface area (Å²) in [6, 6.07) is 14.3. The summed E-state index contributed by atoms with van der Waals surface area (Å²) in [5, 5.41) is 8.01. The summed E-state index contributed by atoms with van der Waals surface area (Å²) >= 11 is 0. The molecule has 0 fully saturated rings. The number of aromatic nitrogens is 2. The molecule has 162 valence electrons. The van der Waals surface area contributed by atoms with E-state index in [2.05, 4.69) is 10.4 Å². The van der Waals surface area contributed by atoms with Crippen molar-refractivity contribution in [1.29, 1.82) is 0 Å². The van der Waals surface area contributed by atoms with Crippen molar-refractivity contribution in [3.63, 3.8) is 0 Å². The summed E-state index contributed by atoms with van der Waals surface area (Å²) < 4.78 is 29.4. The monoisotopic (exact) mass is 424 g/mol. The van der Waals surface area contributed by atoms with E-state index < -0.39 is 11.6 Å². The van der Waals surface area contributed by atoms with E-state index in [0.29, 0.717) is 24.2 Å². The molecule has 1 amide bonds. The maximum atomic E-state index is 14.0.